The molecule has 0 saturated heterocycles. The van der Waals surface area contributed by atoms with Crippen molar-refractivity contribution in [3.8, 4) is 28.6 Å². The van der Waals surface area contributed by atoms with E-state index in [4.69, 9.17) is 9.26 Å². The highest BCUT2D eigenvalue weighted by molar-refractivity contribution is 5.62. The van der Waals surface area contributed by atoms with Gasteiger partial charge in [0.15, 0.2) is 0 Å². The van der Waals surface area contributed by atoms with Crippen molar-refractivity contribution in [3.05, 3.63) is 65.5 Å². The summed E-state index contributed by atoms with van der Waals surface area (Å²) in [5, 5.41) is 12.0. The fourth-order valence-corrected chi connectivity index (χ4v) is 3.14. The Balaban J connectivity index is 1.54. The van der Waals surface area contributed by atoms with E-state index in [0.29, 0.717) is 12.1 Å². The lowest BCUT2D eigenvalue weighted by Crippen LogP contribution is -2.10. The summed E-state index contributed by atoms with van der Waals surface area (Å²) in [7, 11) is 0. The summed E-state index contributed by atoms with van der Waals surface area (Å²) in [5.74, 6) is -0.305. The lowest BCUT2D eigenvalue weighted by Gasteiger charge is -2.13. The molecule has 7 nitrogen and oxygen atoms in total. The molecule has 4 aromatic rings. The number of benzene rings is 2. The molecule has 0 bridgehead atoms. The number of ether oxygens (including phenoxy) is 1. The average molecular weight is 461 g/mol. The van der Waals surface area contributed by atoms with Crippen LogP contribution < -0.4 is 4.74 Å². The van der Waals surface area contributed by atoms with E-state index in [1.807, 2.05) is 25.3 Å². The molecule has 0 aliphatic carbocycles. The van der Waals surface area contributed by atoms with Crippen molar-refractivity contribution in [1.82, 2.24) is 25.1 Å². The number of halogens is 4. The van der Waals surface area contributed by atoms with E-state index in [-0.39, 0.29) is 17.3 Å². The van der Waals surface area contributed by atoms with Crippen LogP contribution >= 0.6 is 0 Å². The maximum absolute atomic E-state index is 13.4. The van der Waals surface area contributed by atoms with Gasteiger partial charge in [0.2, 0.25) is 5.82 Å². The van der Waals surface area contributed by atoms with Crippen molar-refractivity contribution < 1.29 is 26.8 Å². The van der Waals surface area contributed by atoms with Gasteiger partial charge in [-0.3, -0.25) is 0 Å². The van der Waals surface area contributed by atoms with Gasteiger partial charge in [0.1, 0.15) is 19.0 Å². The predicted molar refractivity (Wildman–Crippen MR) is 110 cm³/mol. The van der Waals surface area contributed by atoms with E-state index in [2.05, 4.69) is 20.5 Å². The van der Waals surface area contributed by atoms with Gasteiger partial charge in [-0.25, -0.2) is 9.07 Å². The van der Waals surface area contributed by atoms with Crippen LogP contribution in [0, 0.1) is 0 Å². The largest absolute Gasteiger partial charge is 0.490 e. The standard InChI is InChI=1S/C22H19F4N5O2/c1-2-17-13-31(30-28-17)12-14-3-5-15(6-4-14)20-27-21(33-29-20)16-7-8-19(32-10-9-23)18(11-16)22(24,25)26/h3-8,11,13H,2,9-10,12H2,1H3. The second kappa shape index (κ2) is 9.39. The first-order valence-corrected chi connectivity index (χ1v) is 10.1. The van der Waals surface area contributed by atoms with Crippen LogP contribution in [-0.4, -0.2) is 38.4 Å². The number of alkyl halides is 4. The molecule has 0 radical (unpaired) electrons. The summed E-state index contributed by atoms with van der Waals surface area (Å²) in [6, 6.07) is 10.6. The number of rotatable bonds is 8. The average Bonchev–Trinajstić information content (AvgIpc) is 3.47. The Bertz CT molecular complexity index is 1220. The Morgan fingerprint density at radius 3 is 2.48 bits per heavy atom. The van der Waals surface area contributed by atoms with Crippen LogP contribution in [0.15, 0.2) is 53.2 Å². The summed E-state index contributed by atoms with van der Waals surface area (Å²) >= 11 is 0. The number of aromatic nitrogens is 5. The molecule has 2 aromatic heterocycles. The van der Waals surface area contributed by atoms with Gasteiger partial charge in [0.05, 0.1) is 17.8 Å². The summed E-state index contributed by atoms with van der Waals surface area (Å²) in [6.07, 6.45) is -2.01. The van der Waals surface area contributed by atoms with Crippen LogP contribution in [-0.2, 0) is 19.1 Å². The van der Waals surface area contributed by atoms with Crippen molar-refractivity contribution in [3.63, 3.8) is 0 Å². The predicted octanol–water partition coefficient (Wildman–Crippen LogP) is 4.97. The van der Waals surface area contributed by atoms with Crippen LogP contribution in [0.4, 0.5) is 17.6 Å². The molecule has 0 saturated carbocycles. The quantitative estimate of drug-likeness (QED) is 0.345. The molecule has 0 aliphatic rings. The molecule has 0 fully saturated rings. The Labute approximate surface area is 186 Å². The highest BCUT2D eigenvalue weighted by Crippen LogP contribution is 2.38. The van der Waals surface area contributed by atoms with Gasteiger partial charge in [-0.15, -0.1) is 5.10 Å². The minimum absolute atomic E-state index is 0.0724. The molecule has 11 heteroatoms. The van der Waals surface area contributed by atoms with E-state index in [9.17, 15) is 17.6 Å². The monoisotopic (exact) mass is 461 g/mol. The first kappa shape index (κ1) is 22.4. The number of nitrogens with zero attached hydrogens (tertiary/aromatic N) is 5. The third-order valence-electron chi connectivity index (χ3n) is 4.80. The first-order valence-electron chi connectivity index (χ1n) is 10.1. The van der Waals surface area contributed by atoms with Crippen LogP contribution in [0.1, 0.15) is 23.7 Å². The number of hydrogen-bond donors (Lipinski definition) is 0. The molecule has 0 atom stereocenters. The fourth-order valence-electron chi connectivity index (χ4n) is 3.14. The highest BCUT2D eigenvalue weighted by atomic mass is 19.4. The zero-order valence-electron chi connectivity index (χ0n) is 17.5. The zero-order chi connectivity index (χ0) is 23.4. The first-order chi connectivity index (χ1) is 15.9. The third kappa shape index (κ3) is 5.18. The Kier molecular flexibility index (Phi) is 6.38. The maximum atomic E-state index is 13.4. The molecule has 33 heavy (non-hydrogen) atoms. The normalized spacial score (nSPS) is 11.7. The molecule has 172 valence electrons. The van der Waals surface area contributed by atoms with E-state index < -0.39 is 30.8 Å². The third-order valence-corrected chi connectivity index (χ3v) is 4.80. The summed E-state index contributed by atoms with van der Waals surface area (Å²) in [5.41, 5.74) is 1.55. The van der Waals surface area contributed by atoms with E-state index >= 15 is 0 Å². The molecule has 0 unspecified atom stereocenters. The van der Waals surface area contributed by atoms with Crippen molar-refractivity contribution in [2.24, 2.45) is 0 Å². The van der Waals surface area contributed by atoms with Crippen LogP contribution in [0.5, 0.6) is 5.75 Å². The van der Waals surface area contributed by atoms with Crippen LogP contribution in [0.3, 0.4) is 0 Å². The van der Waals surface area contributed by atoms with E-state index in [1.54, 1.807) is 16.8 Å². The minimum atomic E-state index is -4.69. The second-order valence-electron chi connectivity index (χ2n) is 7.13. The SMILES string of the molecule is CCc1cn(Cc2ccc(-c3noc(-c4ccc(OCCF)c(C(F)(F)F)c4)n3)cc2)nn1. The molecule has 0 aliphatic heterocycles. The maximum Gasteiger partial charge on any atom is 0.419 e. The number of aryl methyl sites for hydroxylation is 1. The lowest BCUT2D eigenvalue weighted by molar-refractivity contribution is -0.138. The molecule has 0 amide bonds. The molecule has 4 rings (SSSR count). The molecule has 2 aromatic carbocycles. The summed E-state index contributed by atoms with van der Waals surface area (Å²) in [6.45, 7) is 1.17. The van der Waals surface area contributed by atoms with Gasteiger partial charge in [-0.05, 0) is 30.2 Å². The van der Waals surface area contributed by atoms with Gasteiger partial charge in [0.25, 0.3) is 5.89 Å². The van der Waals surface area contributed by atoms with Gasteiger partial charge in [-0.1, -0.05) is 41.6 Å². The van der Waals surface area contributed by atoms with Gasteiger partial charge >= 0.3 is 6.18 Å². The smallest absolute Gasteiger partial charge is 0.419 e. The molecule has 0 N–H and O–H groups in total. The molecule has 2 heterocycles. The fraction of sp³-hybridized carbons (Fsp3) is 0.273. The summed E-state index contributed by atoms with van der Waals surface area (Å²) < 4.78 is 64.3. The Morgan fingerprint density at radius 1 is 1.06 bits per heavy atom. The number of hydrogen-bond acceptors (Lipinski definition) is 6. The van der Waals surface area contributed by atoms with Crippen LogP contribution in [0.2, 0.25) is 0 Å². The highest BCUT2D eigenvalue weighted by Gasteiger charge is 2.35. The lowest BCUT2D eigenvalue weighted by atomic mass is 10.1. The second-order valence-corrected chi connectivity index (χ2v) is 7.13. The van der Waals surface area contributed by atoms with Gasteiger partial charge in [-0.2, -0.15) is 18.2 Å². The van der Waals surface area contributed by atoms with Crippen LogP contribution in [0.25, 0.3) is 22.8 Å². The van der Waals surface area contributed by atoms with Crippen molar-refractivity contribution in [2.45, 2.75) is 26.1 Å². The molecule has 0 spiro atoms. The van der Waals surface area contributed by atoms with Gasteiger partial charge in [0, 0.05) is 17.3 Å². The van der Waals surface area contributed by atoms with E-state index in [1.165, 1.54) is 6.07 Å². The Hall–Kier alpha value is -3.76. The Morgan fingerprint density at radius 2 is 1.82 bits per heavy atom. The molecular weight excluding hydrogens is 442 g/mol. The van der Waals surface area contributed by atoms with Crippen molar-refractivity contribution >= 4 is 0 Å². The van der Waals surface area contributed by atoms with Crippen molar-refractivity contribution in [2.75, 3.05) is 13.3 Å². The van der Waals surface area contributed by atoms with Gasteiger partial charge < -0.3 is 9.26 Å². The summed E-state index contributed by atoms with van der Waals surface area (Å²) in [4.78, 5) is 4.22. The topological polar surface area (TPSA) is 78.9 Å². The minimum Gasteiger partial charge on any atom is -0.490 e. The zero-order valence-corrected chi connectivity index (χ0v) is 17.5. The van der Waals surface area contributed by atoms with Crippen molar-refractivity contribution in [1.29, 1.82) is 0 Å². The molecular formula is C22H19F4N5O2. The van der Waals surface area contributed by atoms with E-state index in [0.717, 1.165) is 29.8 Å².